The van der Waals surface area contributed by atoms with E-state index in [9.17, 15) is 9.90 Å². The molecule has 0 aromatic carbocycles. The van der Waals surface area contributed by atoms with Crippen LogP contribution in [0, 0.1) is 0 Å². The number of aliphatic hydroxyl groups is 1. The van der Waals surface area contributed by atoms with Crippen LogP contribution in [-0.2, 0) is 4.79 Å². The van der Waals surface area contributed by atoms with Gasteiger partial charge < -0.3 is 10.0 Å². The van der Waals surface area contributed by atoms with Crippen molar-refractivity contribution in [2.24, 2.45) is 0 Å². The summed E-state index contributed by atoms with van der Waals surface area (Å²) in [6, 6.07) is 0. The van der Waals surface area contributed by atoms with Crippen molar-refractivity contribution in [3.63, 3.8) is 0 Å². The number of rotatable bonds is 16. The summed E-state index contributed by atoms with van der Waals surface area (Å²) in [7, 11) is 0. The highest BCUT2D eigenvalue weighted by molar-refractivity contribution is 5.91. The molecule has 1 amide bonds. The van der Waals surface area contributed by atoms with Crippen molar-refractivity contribution in [3.8, 4) is 0 Å². The summed E-state index contributed by atoms with van der Waals surface area (Å²) in [5.74, 6) is -0.0669. The molecule has 0 radical (unpaired) electrons. The molecule has 1 rings (SSSR count). The van der Waals surface area contributed by atoms with Crippen LogP contribution in [0.4, 0.5) is 0 Å². The molecule has 0 aromatic rings. The molecule has 1 N–H and O–H groups in total. The summed E-state index contributed by atoms with van der Waals surface area (Å²) in [5, 5.41) is 10.1. The van der Waals surface area contributed by atoms with Crippen LogP contribution in [0.3, 0.4) is 0 Å². The van der Waals surface area contributed by atoms with E-state index in [-0.39, 0.29) is 5.91 Å². The third-order valence-electron chi connectivity index (χ3n) is 5.25. The predicted octanol–water partition coefficient (Wildman–Crippen LogP) is 6.13. The van der Waals surface area contributed by atoms with Crippen molar-refractivity contribution in [2.45, 2.75) is 109 Å². The van der Waals surface area contributed by atoms with Gasteiger partial charge in [0.05, 0.1) is 0 Å². The van der Waals surface area contributed by atoms with E-state index in [0.29, 0.717) is 6.54 Å². The molecule has 150 valence electrons. The fraction of sp³-hybridized carbons (Fsp3) is 0.783. The molecule has 26 heavy (non-hydrogen) atoms. The van der Waals surface area contributed by atoms with Gasteiger partial charge in [0.1, 0.15) is 0 Å². The molecule has 1 aliphatic heterocycles. The third-order valence-corrected chi connectivity index (χ3v) is 5.25. The summed E-state index contributed by atoms with van der Waals surface area (Å²) in [6.07, 6.45) is 25.7. The van der Waals surface area contributed by atoms with E-state index in [1.807, 2.05) is 0 Å². The molecule has 0 aliphatic carbocycles. The molecule has 1 heterocycles. The van der Waals surface area contributed by atoms with Gasteiger partial charge in [-0.3, -0.25) is 4.79 Å². The Bertz CT molecular complexity index is 426. The molecule has 1 atom stereocenters. The van der Waals surface area contributed by atoms with E-state index in [0.717, 1.165) is 12.8 Å². The maximum Gasteiger partial charge on any atom is 0.248 e. The molecule has 0 saturated heterocycles. The topological polar surface area (TPSA) is 40.5 Å². The molecule has 0 bridgehead atoms. The summed E-state index contributed by atoms with van der Waals surface area (Å²) in [5.41, 5.74) is -1.08. The van der Waals surface area contributed by atoms with Crippen LogP contribution in [-0.4, -0.2) is 28.2 Å². The highest BCUT2D eigenvalue weighted by atomic mass is 16.3. The van der Waals surface area contributed by atoms with Gasteiger partial charge in [-0.05, 0) is 45.1 Å². The Balaban J connectivity index is 1.84. The first-order chi connectivity index (χ1) is 12.6. The van der Waals surface area contributed by atoms with Crippen LogP contribution in [0.1, 0.15) is 104 Å². The minimum absolute atomic E-state index is 0.0669. The van der Waals surface area contributed by atoms with Crippen molar-refractivity contribution >= 4 is 5.91 Å². The Morgan fingerprint density at radius 1 is 0.885 bits per heavy atom. The maximum atomic E-state index is 11.7. The van der Waals surface area contributed by atoms with E-state index in [1.165, 1.54) is 83.1 Å². The van der Waals surface area contributed by atoms with Gasteiger partial charge in [0, 0.05) is 12.6 Å². The fourth-order valence-electron chi connectivity index (χ4n) is 3.49. The Morgan fingerprint density at radius 3 is 1.88 bits per heavy atom. The number of carbonyl (C=O) groups excluding carboxylic acids is 1. The molecule has 0 spiro atoms. The number of hydrogen-bond acceptors (Lipinski definition) is 2. The van der Waals surface area contributed by atoms with Crippen molar-refractivity contribution in [2.75, 3.05) is 6.54 Å². The lowest BCUT2D eigenvalue weighted by Gasteiger charge is -2.29. The predicted molar refractivity (Wildman–Crippen MR) is 111 cm³/mol. The molecule has 0 aromatic heterocycles. The highest BCUT2D eigenvalue weighted by Crippen LogP contribution is 2.21. The molecule has 3 heteroatoms. The zero-order chi connectivity index (χ0) is 19.1. The Labute approximate surface area is 161 Å². The first-order valence-electron chi connectivity index (χ1n) is 11.0. The standard InChI is InChI=1S/C23H41NO2/c1-3-4-5-6-7-8-9-10-11-12-13-14-15-16-17-18-21-24-22(25)19-20-23(24,2)26/h10-11,19-20,26H,3-9,12-18,21H2,1-2H3/b11-10-. The van der Waals surface area contributed by atoms with Gasteiger partial charge in [0.25, 0.3) is 0 Å². The SMILES string of the molecule is CCCCCCCC/C=C\CCCCCCCCN1C(=O)C=CC1(C)O. The Kier molecular flexibility index (Phi) is 12.4. The number of unbranched alkanes of at least 4 members (excludes halogenated alkanes) is 12. The second kappa shape index (κ2) is 14.0. The third kappa shape index (κ3) is 10.2. The van der Waals surface area contributed by atoms with Gasteiger partial charge in [-0.15, -0.1) is 0 Å². The summed E-state index contributed by atoms with van der Waals surface area (Å²) in [6.45, 7) is 4.59. The largest absolute Gasteiger partial charge is 0.367 e. The average molecular weight is 364 g/mol. The summed E-state index contributed by atoms with van der Waals surface area (Å²) >= 11 is 0. The number of allylic oxidation sites excluding steroid dienone is 2. The Hall–Kier alpha value is -1.09. The number of hydrogen-bond donors (Lipinski definition) is 1. The zero-order valence-electron chi connectivity index (χ0n) is 17.2. The average Bonchev–Trinajstić information content (AvgIpc) is 2.87. The monoisotopic (exact) mass is 363 g/mol. The van der Waals surface area contributed by atoms with E-state index in [2.05, 4.69) is 19.1 Å². The van der Waals surface area contributed by atoms with Crippen molar-refractivity contribution in [3.05, 3.63) is 24.3 Å². The van der Waals surface area contributed by atoms with Gasteiger partial charge in [0.2, 0.25) is 5.91 Å². The van der Waals surface area contributed by atoms with Crippen LogP contribution in [0.2, 0.25) is 0 Å². The number of nitrogens with zero attached hydrogens (tertiary/aromatic N) is 1. The summed E-state index contributed by atoms with van der Waals surface area (Å²) in [4.78, 5) is 13.2. The molecule has 0 saturated carbocycles. The zero-order valence-corrected chi connectivity index (χ0v) is 17.2. The first-order valence-corrected chi connectivity index (χ1v) is 11.0. The van der Waals surface area contributed by atoms with Crippen molar-refractivity contribution in [1.82, 2.24) is 4.90 Å². The molecule has 0 fully saturated rings. The fourth-order valence-corrected chi connectivity index (χ4v) is 3.49. The second-order valence-corrected chi connectivity index (χ2v) is 7.86. The number of carbonyl (C=O) groups is 1. The normalized spacial score (nSPS) is 20.0. The lowest BCUT2D eigenvalue weighted by atomic mass is 10.1. The van der Waals surface area contributed by atoms with E-state index in [4.69, 9.17) is 0 Å². The highest BCUT2D eigenvalue weighted by Gasteiger charge is 2.33. The van der Waals surface area contributed by atoms with Gasteiger partial charge >= 0.3 is 0 Å². The maximum absolute atomic E-state index is 11.7. The molecule has 1 aliphatic rings. The first kappa shape index (κ1) is 23.0. The molecular formula is C23H41NO2. The van der Waals surface area contributed by atoms with Crippen LogP contribution in [0.5, 0.6) is 0 Å². The van der Waals surface area contributed by atoms with Crippen LogP contribution in [0.25, 0.3) is 0 Å². The lowest BCUT2D eigenvalue weighted by molar-refractivity contribution is -0.139. The molecule has 1 unspecified atom stereocenters. The quantitative estimate of drug-likeness (QED) is 0.265. The summed E-state index contributed by atoms with van der Waals surface area (Å²) < 4.78 is 0. The van der Waals surface area contributed by atoms with Crippen LogP contribution < -0.4 is 0 Å². The molecular weight excluding hydrogens is 322 g/mol. The van der Waals surface area contributed by atoms with Crippen LogP contribution in [0.15, 0.2) is 24.3 Å². The minimum atomic E-state index is -1.08. The van der Waals surface area contributed by atoms with Gasteiger partial charge in [-0.1, -0.05) is 76.9 Å². The van der Waals surface area contributed by atoms with Gasteiger partial charge in [0.15, 0.2) is 5.72 Å². The molecule has 3 nitrogen and oxygen atoms in total. The Morgan fingerprint density at radius 2 is 1.38 bits per heavy atom. The van der Waals surface area contributed by atoms with E-state index >= 15 is 0 Å². The van der Waals surface area contributed by atoms with Crippen molar-refractivity contribution in [1.29, 1.82) is 0 Å². The lowest BCUT2D eigenvalue weighted by Crippen LogP contribution is -2.44. The van der Waals surface area contributed by atoms with E-state index < -0.39 is 5.72 Å². The second-order valence-electron chi connectivity index (χ2n) is 7.86. The number of amides is 1. The van der Waals surface area contributed by atoms with E-state index in [1.54, 1.807) is 17.9 Å². The van der Waals surface area contributed by atoms with Crippen molar-refractivity contribution < 1.29 is 9.90 Å². The van der Waals surface area contributed by atoms with Crippen LogP contribution >= 0.6 is 0 Å². The van der Waals surface area contributed by atoms with Gasteiger partial charge in [-0.25, -0.2) is 0 Å². The van der Waals surface area contributed by atoms with Gasteiger partial charge in [-0.2, -0.15) is 0 Å². The minimum Gasteiger partial charge on any atom is -0.367 e. The smallest absolute Gasteiger partial charge is 0.248 e.